The fourth-order valence-electron chi connectivity index (χ4n) is 5.23. The van der Waals surface area contributed by atoms with Gasteiger partial charge in [0.1, 0.15) is 11.6 Å². The standard InChI is InChI=1S/C25H32N4O/c1-18-6-8-26-24(15-18)28-13-11-27(12-14-28)10-7-22-19(2)29-9-4-5-20-16-21(30-3)17-23(22)25(20)29/h6,8,15-17H,4-5,7,9-14H2,1-3H3. The van der Waals surface area contributed by atoms with Gasteiger partial charge < -0.3 is 14.2 Å². The van der Waals surface area contributed by atoms with Gasteiger partial charge in [0.15, 0.2) is 0 Å². The first-order valence-electron chi connectivity index (χ1n) is 11.2. The van der Waals surface area contributed by atoms with Crippen LogP contribution in [-0.4, -0.2) is 54.3 Å². The minimum Gasteiger partial charge on any atom is -0.497 e. The number of aryl methyl sites for hydroxylation is 3. The number of nitrogens with zero attached hydrogens (tertiary/aromatic N) is 4. The summed E-state index contributed by atoms with van der Waals surface area (Å²) in [6, 6.07) is 8.75. The molecule has 0 N–H and O–H groups in total. The van der Waals surface area contributed by atoms with Crippen molar-refractivity contribution in [1.29, 1.82) is 0 Å². The lowest BCUT2D eigenvalue weighted by Crippen LogP contribution is -2.47. The zero-order valence-corrected chi connectivity index (χ0v) is 18.4. The summed E-state index contributed by atoms with van der Waals surface area (Å²) in [7, 11) is 1.78. The Bertz CT molecular complexity index is 1060. The third kappa shape index (κ3) is 3.45. The molecular weight excluding hydrogens is 372 g/mol. The second-order valence-corrected chi connectivity index (χ2v) is 8.77. The number of hydrogen-bond donors (Lipinski definition) is 0. The van der Waals surface area contributed by atoms with E-state index in [2.05, 4.69) is 57.5 Å². The SMILES string of the molecule is COc1cc2c3c(c1)c(CCN1CCN(c4cc(C)ccn4)CC1)c(C)n3CCC2. The van der Waals surface area contributed by atoms with Crippen LogP contribution >= 0.6 is 0 Å². The molecule has 1 saturated heterocycles. The van der Waals surface area contributed by atoms with Crippen molar-refractivity contribution in [2.45, 2.75) is 39.7 Å². The fourth-order valence-corrected chi connectivity index (χ4v) is 5.23. The second-order valence-electron chi connectivity index (χ2n) is 8.77. The van der Waals surface area contributed by atoms with Gasteiger partial charge in [0, 0.05) is 56.5 Å². The van der Waals surface area contributed by atoms with Gasteiger partial charge in [0.25, 0.3) is 0 Å². The molecule has 2 aliphatic rings. The number of methoxy groups -OCH3 is 1. The van der Waals surface area contributed by atoms with Gasteiger partial charge in [0.05, 0.1) is 12.6 Å². The Labute approximate surface area is 179 Å². The van der Waals surface area contributed by atoms with Crippen LogP contribution in [0.5, 0.6) is 5.75 Å². The molecule has 158 valence electrons. The first-order chi connectivity index (χ1) is 14.6. The minimum atomic E-state index is 0.997. The molecule has 5 nitrogen and oxygen atoms in total. The van der Waals surface area contributed by atoms with Crippen LogP contribution in [0.2, 0.25) is 0 Å². The number of ether oxygens (including phenoxy) is 1. The number of rotatable bonds is 5. The number of aromatic nitrogens is 2. The molecule has 0 amide bonds. The van der Waals surface area contributed by atoms with Crippen molar-refractivity contribution in [3.63, 3.8) is 0 Å². The number of pyridine rings is 1. The zero-order valence-electron chi connectivity index (χ0n) is 18.4. The maximum absolute atomic E-state index is 5.62. The molecular formula is C25H32N4O. The molecule has 0 bridgehead atoms. The highest BCUT2D eigenvalue weighted by Crippen LogP contribution is 2.36. The summed E-state index contributed by atoms with van der Waals surface area (Å²) in [5.74, 6) is 2.11. The summed E-state index contributed by atoms with van der Waals surface area (Å²) in [5, 5.41) is 1.41. The lowest BCUT2D eigenvalue weighted by molar-refractivity contribution is 0.260. The number of hydrogen-bond acceptors (Lipinski definition) is 4. The summed E-state index contributed by atoms with van der Waals surface area (Å²) in [6.45, 7) is 11.0. The van der Waals surface area contributed by atoms with E-state index in [4.69, 9.17) is 4.74 Å². The smallest absolute Gasteiger partial charge is 0.128 e. The fraction of sp³-hybridized carbons (Fsp3) is 0.480. The maximum atomic E-state index is 5.62. The number of piperazine rings is 1. The van der Waals surface area contributed by atoms with E-state index in [-0.39, 0.29) is 0 Å². The highest BCUT2D eigenvalue weighted by molar-refractivity contribution is 5.90. The highest BCUT2D eigenvalue weighted by atomic mass is 16.5. The Morgan fingerprint density at radius 1 is 1.03 bits per heavy atom. The van der Waals surface area contributed by atoms with Crippen LogP contribution < -0.4 is 9.64 Å². The molecule has 3 aromatic rings. The predicted octanol–water partition coefficient (Wildman–Crippen LogP) is 3.97. The van der Waals surface area contributed by atoms with E-state index in [9.17, 15) is 0 Å². The molecule has 30 heavy (non-hydrogen) atoms. The Hall–Kier alpha value is -2.53. The first kappa shape index (κ1) is 19.4. The molecule has 1 aromatic carbocycles. The maximum Gasteiger partial charge on any atom is 0.128 e. The van der Waals surface area contributed by atoms with Gasteiger partial charge in [-0.25, -0.2) is 4.98 Å². The van der Waals surface area contributed by atoms with Crippen LogP contribution in [0, 0.1) is 13.8 Å². The lowest BCUT2D eigenvalue weighted by Gasteiger charge is -2.35. The summed E-state index contributed by atoms with van der Waals surface area (Å²) < 4.78 is 8.16. The summed E-state index contributed by atoms with van der Waals surface area (Å²) in [5.41, 5.74) is 7.13. The number of benzene rings is 1. The van der Waals surface area contributed by atoms with Gasteiger partial charge in [-0.1, -0.05) is 0 Å². The largest absolute Gasteiger partial charge is 0.497 e. The van der Waals surface area contributed by atoms with Crippen LogP contribution in [0.1, 0.15) is 28.8 Å². The Balaban J connectivity index is 1.31. The van der Waals surface area contributed by atoms with Crippen molar-refractivity contribution < 1.29 is 4.74 Å². The topological polar surface area (TPSA) is 33.5 Å². The monoisotopic (exact) mass is 404 g/mol. The van der Waals surface area contributed by atoms with Crippen molar-refractivity contribution in [1.82, 2.24) is 14.5 Å². The highest BCUT2D eigenvalue weighted by Gasteiger charge is 2.23. The Morgan fingerprint density at radius 3 is 2.63 bits per heavy atom. The van der Waals surface area contributed by atoms with E-state index in [0.717, 1.165) is 63.7 Å². The molecule has 0 saturated carbocycles. The molecule has 0 radical (unpaired) electrons. The van der Waals surface area contributed by atoms with Gasteiger partial charge in [-0.05, 0) is 74.1 Å². The summed E-state index contributed by atoms with van der Waals surface area (Å²) in [6.07, 6.45) is 5.40. The van der Waals surface area contributed by atoms with Crippen LogP contribution in [0.15, 0.2) is 30.5 Å². The Kier molecular flexibility index (Phi) is 5.15. The average molecular weight is 405 g/mol. The zero-order chi connectivity index (χ0) is 20.7. The normalized spacial score (nSPS) is 17.0. The van der Waals surface area contributed by atoms with Gasteiger partial charge in [0.2, 0.25) is 0 Å². The molecule has 0 aliphatic carbocycles. The van der Waals surface area contributed by atoms with E-state index in [1.807, 2.05) is 6.20 Å². The molecule has 5 rings (SSSR count). The quantitative estimate of drug-likeness (QED) is 0.644. The first-order valence-corrected chi connectivity index (χ1v) is 11.2. The lowest BCUT2D eigenvalue weighted by atomic mass is 10.0. The third-order valence-electron chi connectivity index (χ3n) is 6.94. The second kappa shape index (κ2) is 7.95. The van der Waals surface area contributed by atoms with Crippen molar-refractivity contribution in [3.05, 3.63) is 52.8 Å². The van der Waals surface area contributed by atoms with Gasteiger partial charge in [-0.15, -0.1) is 0 Å². The average Bonchev–Trinajstić information content (AvgIpc) is 3.05. The van der Waals surface area contributed by atoms with Crippen LogP contribution in [0.4, 0.5) is 5.82 Å². The van der Waals surface area contributed by atoms with Crippen molar-refractivity contribution in [2.75, 3.05) is 44.7 Å². The van der Waals surface area contributed by atoms with E-state index >= 15 is 0 Å². The predicted molar refractivity (Wildman–Crippen MR) is 123 cm³/mol. The summed E-state index contributed by atoms with van der Waals surface area (Å²) >= 11 is 0. The molecule has 0 unspecified atom stereocenters. The van der Waals surface area contributed by atoms with Gasteiger partial charge >= 0.3 is 0 Å². The molecule has 0 spiro atoms. The van der Waals surface area contributed by atoms with E-state index in [1.165, 1.54) is 39.7 Å². The molecule has 0 atom stereocenters. The summed E-state index contributed by atoms with van der Waals surface area (Å²) in [4.78, 5) is 9.59. The van der Waals surface area contributed by atoms with Crippen molar-refractivity contribution in [3.8, 4) is 5.75 Å². The van der Waals surface area contributed by atoms with Crippen LogP contribution in [0.3, 0.4) is 0 Å². The molecule has 2 aliphatic heterocycles. The third-order valence-corrected chi connectivity index (χ3v) is 6.94. The van der Waals surface area contributed by atoms with Crippen LogP contribution in [0.25, 0.3) is 10.9 Å². The van der Waals surface area contributed by atoms with E-state index in [0.29, 0.717) is 0 Å². The van der Waals surface area contributed by atoms with Crippen LogP contribution in [-0.2, 0) is 19.4 Å². The molecule has 2 aromatic heterocycles. The molecule has 1 fully saturated rings. The molecule has 5 heteroatoms. The van der Waals surface area contributed by atoms with Crippen molar-refractivity contribution >= 4 is 16.7 Å². The van der Waals surface area contributed by atoms with Gasteiger partial charge in [-0.2, -0.15) is 0 Å². The molecule has 4 heterocycles. The minimum absolute atomic E-state index is 0.997. The van der Waals surface area contributed by atoms with Gasteiger partial charge in [-0.3, -0.25) is 4.90 Å². The van der Waals surface area contributed by atoms with E-state index < -0.39 is 0 Å². The van der Waals surface area contributed by atoms with Crippen molar-refractivity contribution in [2.24, 2.45) is 0 Å². The Morgan fingerprint density at radius 2 is 1.87 bits per heavy atom. The van der Waals surface area contributed by atoms with E-state index in [1.54, 1.807) is 7.11 Å². The number of anilines is 1.